The summed E-state index contributed by atoms with van der Waals surface area (Å²) >= 11 is 7.33. The van der Waals surface area contributed by atoms with E-state index < -0.39 is 9.84 Å². The smallest absolute Gasteiger partial charge is 0.219 e. The van der Waals surface area contributed by atoms with Crippen LogP contribution in [-0.4, -0.2) is 8.42 Å². The Bertz CT molecular complexity index is 1200. The molecule has 3 aromatic rings. The standard InChI is InChI=1S/C23H19ClN2O2S2/c1-17-10-12-18(13-11-17)16-29-23(26-20-7-5-6-19(24)14-20)22(15-25)30(27,28)21-8-3-2-4-9-21/h2-14,26H,16H2,1H3/b23-22+. The van der Waals surface area contributed by atoms with Gasteiger partial charge in [-0.2, -0.15) is 5.26 Å². The molecule has 0 unspecified atom stereocenters. The Balaban J connectivity index is 2.03. The number of nitrogens with zero attached hydrogens (tertiary/aromatic N) is 1. The van der Waals surface area contributed by atoms with Crippen LogP contribution in [0.2, 0.25) is 5.02 Å². The first-order chi connectivity index (χ1) is 14.4. The highest BCUT2D eigenvalue weighted by molar-refractivity contribution is 8.04. The first-order valence-electron chi connectivity index (χ1n) is 9.05. The highest BCUT2D eigenvalue weighted by atomic mass is 35.5. The van der Waals surface area contributed by atoms with Gasteiger partial charge in [0.15, 0.2) is 4.91 Å². The molecule has 0 aromatic heterocycles. The van der Waals surface area contributed by atoms with Crippen molar-refractivity contribution in [3.8, 4) is 6.07 Å². The molecule has 0 bridgehead atoms. The number of anilines is 1. The van der Waals surface area contributed by atoms with Gasteiger partial charge in [0.25, 0.3) is 0 Å². The molecule has 152 valence electrons. The van der Waals surface area contributed by atoms with Crippen LogP contribution in [0.1, 0.15) is 11.1 Å². The largest absolute Gasteiger partial charge is 0.348 e. The van der Waals surface area contributed by atoms with Gasteiger partial charge in [-0.15, -0.1) is 11.8 Å². The zero-order valence-electron chi connectivity index (χ0n) is 16.2. The third-order valence-corrected chi connectivity index (χ3v) is 7.38. The number of allylic oxidation sites excluding steroid dienone is 1. The average molecular weight is 455 g/mol. The van der Waals surface area contributed by atoms with E-state index in [1.807, 2.05) is 37.3 Å². The Labute approximate surface area is 186 Å². The maximum absolute atomic E-state index is 13.2. The first kappa shape index (κ1) is 22.0. The van der Waals surface area contributed by atoms with Crippen molar-refractivity contribution >= 4 is 38.9 Å². The van der Waals surface area contributed by atoms with Crippen molar-refractivity contribution in [1.82, 2.24) is 0 Å². The highest BCUT2D eigenvalue weighted by Crippen LogP contribution is 2.31. The van der Waals surface area contributed by atoms with E-state index in [1.54, 1.807) is 42.5 Å². The lowest BCUT2D eigenvalue weighted by Crippen LogP contribution is -2.10. The van der Waals surface area contributed by atoms with Gasteiger partial charge in [0.05, 0.1) is 4.90 Å². The highest BCUT2D eigenvalue weighted by Gasteiger charge is 2.25. The summed E-state index contributed by atoms with van der Waals surface area (Å²) in [5.41, 5.74) is 2.76. The fraction of sp³-hybridized carbons (Fsp3) is 0.0870. The van der Waals surface area contributed by atoms with E-state index in [1.165, 1.54) is 23.9 Å². The molecule has 7 heteroatoms. The van der Waals surface area contributed by atoms with E-state index in [4.69, 9.17) is 11.6 Å². The lowest BCUT2D eigenvalue weighted by Gasteiger charge is -2.14. The van der Waals surface area contributed by atoms with Crippen LogP contribution in [0.5, 0.6) is 0 Å². The van der Waals surface area contributed by atoms with Crippen molar-refractivity contribution in [2.24, 2.45) is 0 Å². The van der Waals surface area contributed by atoms with E-state index >= 15 is 0 Å². The zero-order chi connectivity index (χ0) is 21.6. The summed E-state index contributed by atoms with van der Waals surface area (Å²) in [6.45, 7) is 2.00. The average Bonchev–Trinajstić information content (AvgIpc) is 2.74. The Kier molecular flexibility index (Phi) is 7.22. The van der Waals surface area contributed by atoms with Gasteiger partial charge in [-0.1, -0.05) is 65.7 Å². The predicted octanol–water partition coefficient (Wildman–Crippen LogP) is 6.16. The third kappa shape index (κ3) is 5.45. The monoisotopic (exact) mass is 454 g/mol. The summed E-state index contributed by atoms with van der Waals surface area (Å²) < 4.78 is 26.3. The molecule has 1 N–H and O–H groups in total. The van der Waals surface area contributed by atoms with Gasteiger partial charge >= 0.3 is 0 Å². The van der Waals surface area contributed by atoms with E-state index in [2.05, 4.69) is 5.32 Å². The molecule has 3 aromatic carbocycles. The van der Waals surface area contributed by atoms with Gasteiger partial charge in [0.1, 0.15) is 11.1 Å². The number of nitrogens with one attached hydrogen (secondary N) is 1. The van der Waals surface area contributed by atoms with Crippen LogP contribution in [0.25, 0.3) is 0 Å². The van der Waals surface area contributed by atoms with Crippen molar-refractivity contribution in [3.63, 3.8) is 0 Å². The number of thioether (sulfide) groups is 1. The number of hydrogen-bond donors (Lipinski definition) is 1. The normalized spacial score (nSPS) is 12.0. The van der Waals surface area contributed by atoms with E-state index in [0.717, 1.165) is 11.1 Å². The lowest BCUT2D eigenvalue weighted by molar-refractivity contribution is 0.603. The molecule has 0 aliphatic heterocycles. The number of rotatable bonds is 7. The van der Waals surface area contributed by atoms with Crippen LogP contribution in [0, 0.1) is 18.3 Å². The molecule has 4 nitrogen and oxygen atoms in total. The van der Waals surface area contributed by atoms with Gasteiger partial charge in [0, 0.05) is 16.5 Å². The molecule has 0 atom stereocenters. The number of aryl methyl sites for hydroxylation is 1. The van der Waals surface area contributed by atoms with Crippen molar-refractivity contribution in [2.45, 2.75) is 17.6 Å². The predicted molar refractivity (Wildman–Crippen MR) is 124 cm³/mol. The van der Waals surface area contributed by atoms with Crippen molar-refractivity contribution in [1.29, 1.82) is 5.26 Å². The topological polar surface area (TPSA) is 70.0 Å². The second-order valence-corrected chi connectivity index (χ2v) is 9.80. The van der Waals surface area contributed by atoms with Gasteiger partial charge < -0.3 is 5.32 Å². The van der Waals surface area contributed by atoms with Crippen molar-refractivity contribution < 1.29 is 8.42 Å². The zero-order valence-corrected chi connectivity index (χ0v) is 18.6. The maximum atomic E-state index is 13.2. The van der Waals surface area contributed by atoms with Gasteiger partial charge in [0.2, 0.25) is 9.84 Å². The fourth-order valence-electron chi connectivity index (χ4n) is 2.65. The summed E-state index contributed by atoms with van der Waals surface area (Å²) in [7, 11) is -3.99. The molecule has 0 amide bonds. The number of nitriles is 1. The second kappa shape index (κ2) is 9.86. The fourth-order valence-corrected chi connectivity index (χ4v) is 5.38. The van der Waals surface area contributed by atoms with Gasteiger partial charge in [-0.3, -0.25) is 0 Å². The quantitative estimate of drug-likeness (QED) is 0.433. The molecule has 0 saturated heterocycles. The van der Waals surface area contributed by atoms with Gasteiger partial charge in [-0.05, 0) is 42.8 Å². The number of halogens is 1. The molecule has 30 heavy (non-hydrogen) atoms. The summed E-state index contributed by atoms with van der Waals surface area (Å²) in [5.74, 6) is 0.499. The summed E-state index contributed by atoms with van der Waals surface area (Å²) in [5, 5.41) is 13.6. The van der Waals surface area contributed by atoms with E-state index in [0.29, 0.717) is 16.5 Å². The first-order valence-corrected chi connectivity index (χ1v) is 11.9. The second-order valence-electron chi connectivity index (χ2n) is 6.50. The molecular formula is C23H19ClN2O2S2. The van der Waals surface area contributed by atoms with Crippen molar-refractivity contribution in [3.05, 3.63) is 105 Å². The SMILES string of the molecule is Cc1ccc(CS/C(Nc2cccc(Cl)c2)=C(\C#N)S(=O)(=O)c2ccccc2)cc1. The number of hydrogen-bond acceptors (Lipinski definition) is 5. The van der Waals surface area contributed by atoms with E-state index in [-0.39, 0.29) is 14.8 Å². The minimum Gasteiger partial charge on any atom is -0.348 e. The van der Waals surface area contributed by atoms with Crippen molar-refractivity contribution in [2.75, 3.05) is 5.32 Å². The Morgan fingerprint density at radius 1 is 1.03 bits per heavy atom. The molecule has 0 aliphatic carbocycles. The molecule has 0 fully saturated rings. The molecule has 0 heterocycles. The number of benzene rings is 3. The maximum Gasteiger partial charge on any atom is 0.219 e. The molecule has 3 rings (SSSR count). The van der Waals surface area contributed by atoms with Crippen LogP contribution >= 0.6 is 23.4 Å². The minimum atomic E-state index is -3.99. The number of sulfone groups is 1. The van der Waals surface area contributed by atoms with Crippen LogP contribution in [0.15, 0.2) is 93.7 Å². The summed E-state index contributed by atoms with van der Waals surface area (Å²) in [6, 6.07) is 24.7. The summed E-state index contributed by atoms with van der Waals surface area (Å²) in [4.78, 5) is -0.256. The molecule has 0 radical (unpaired) electrons. The van der Waals surface area contributed by atoms with Gasteiger partial charge in [-0.25, -0.2) is 8.42 Å². The van der Waals surface area contributed by atoms with Crippen LogP contribution in [0.3, 0.4) is 0 Å². The molecular weight excluding hydrogens is 436 g/mol. The van der Waals surface area contributed by atoms with Crippen LogP contribution in [0.4, 0.5) is 5.69 Å². The van der Waals surface area contributed by atoms with Crippen LogP contribution < -0.4 is 5.32 Å². The summed E-state index contributed by atoms with van der Waals surface area (Å²) in [6.07, 6.45) is 0. The van der Waals surface area contributed by atoms with E-state index in [9.17, 15) is 13.7 Å². The Morgan fingerprint density at radius 3 is 2.37 bits per heavy atom. The lowest BCUT2D eigenvalue weighted by atomic mass is 10.2. The van der Waals surface area contributed by atoms with Crippen LogP contribution in [-0.2, 0) is 15.6 Å². The minimum absolute atomic E-state index is 0.0721. The Hall–Kier alpha value is -2.72. The Morgan fingerprint density at radius 2 is 1.73 bits per heavy atom. The third-order valence-electron chi connectivity index (χ3n) is 4.22. The molecule has 0 spiro atoms. The molecule has 0 saturated carbocycles. The molecule has 0 aliphatic rings.